The summed E-state index contributed by atoms with van der Waals surface area (Å²) in [6.07, 6.45) is 0.366. The van der Waals surface area contributed by atoms with Gasteiger partial charge in [-0.15, -0.1) is 0 Å². The Kier molecular flexibility index (Phi) is 6.23. The summed E-state index contributed by atoms with van der Waals surface area (Å²) in [5.74, 6) is -1.59. The van der Waals surface area contributed by atoms with E-state index in [1.807, 2.05) is 13.8 Å². The molecular formula is C11H20N2O4. The van der Waals surface area contributed by atoms with E-state index in [9.17, 15) is 14.4 Å². The number of carbonyl (C=O) groups is 3. The van der Waals surface area contributed by atoms with Crippen LogP contribution in [-0.4, -0.2) is 47.4 Å². The van der Waals surface area contributed by atoms with Gasteiger partial charge in [-0.25, -0.2) is 4.79 Å². The van der Waals surface area contributed by atoms with Crippen LogP contribution in [0.4, 0.5) is 0 Å². The fraction of sp³-hybridized carbons (Fsp3) is 0.727. The van der Waals surface area contributed by atoms with E-state index in [2.05, 4.69) is 5.32 Å². The van der Waals surface area contributed by atoms with Gasteiger partial charge in [0, 0.05) is 14.0 Å². The van der Waals surface area contributed by atoms with Crippen molar-refractivity contribution in [3.8, 4) is 0 Å². The summed E-state index contributed by atoms with van der Waals surface area (Å²) < 4.78 is 0. The van der Waals surface area contributed by atoms with Crippen molar-refractivity contribution in [1.29, 1.82) is 0 Å². The van der Waals surface area contributed by atoms with Gasteiger partial charge in [-0.05, 0) is 12.3 Å². The number of carboxylic acid groups (broad SMARTS) is 1. The minimum Gasteiger partial charge on any atom is -0.480 e. The number of nitrogens with zero attached hydrogens (tertiary/aromatic N) is 1. The third-order valence-electron chi connectivity index (χ3n) is 2.26. The maximum Gasteiger partial charge on any atom is 0.326 e. The summed E-state index contributed by atoms with van der Waals surface area (Å²) in [7, 11) is 1.49. The Hall–Kier alpha value is -1.59. The van der Waals surface area contributed by atoms with Crippen LogP contribution in [0.5, 0.6) is 0 Å². The minimum absolute atomic E-state index is 0.128. The summed E-state index contributed by atoms with van der Waals surface area (Å²) in [5, 5.41) is 11.3. The number of carboxylic acids is 1. The number of likely N-dealkylation sites (N-methyl/N-ethyl adjacent to an activating group) is 1. The molecule has 17 heavy (non-hydrogen) atoms. The molecule has 0 aromatic carbocycles. The smallest absolute Gasteiger partial charge is 0.326 e. The molecule has 0 rings (SSSR count). The number of amides is 2. The van der Waals surface area contributed by atoms with E-state index in [1.54, 1.807) is 0 Å². The Labute approximate surface area is 101 Å². The lowest BCUT2D eigenvalue weighted by Gasteiger charge is -2.19. The molecule has 0 aromatic heterocycles. The predicted octanol–water partition coefficient (Wildman–Crippen LogP) is 0.0802. The minimum atomic E-state index is -1.06. The van der Waals surface area contributed by atoms with Crippen LogP contribution >= 0.6 is 0 Å². The second-order valence-electron chi connectivity index (χ2n) is 4.46. The zero-order valence-corrected chi connectivity index (χ0v) is 10.7. The molecule has 0 spiro atoms. The third kappa shape index (κ3) is 6.55. The summed E-state index contributed by atoms with van der Waals surface area (Å²) in [4.78, 5) is 34.5. The number of rotatable bonds is 6. The third-order valence-corrected chi connectivity index (χ3v) is 2.26. The number of hydrogen-bond donors (Lipinski definition) is 2. The van der Waals surface area contributed by atoms with Gasteiger partial charge in [0.25, 0.3) is 0 Å². The van der Waals surface area contributed by atoms with Crippen LogP contribution in [0.2, 0.25) is 0 Å². The predicted molar refractivity (Wildman–Crippen MR) is 62.3 cm³/mol. The van der Waals surface area contributed by atoms with Crippen LogP contribution in [-0.2, 0) is 14.4 Å². The van der Waals surface area contributed by atoms with Gasteiger partial charge in [0.15, 0.2) is 0 Å². The van der Waals surface area contributed by atoms with Gasteiger partial charge >= 0.3 is 5.97 Å². The van der Waals surface area contributed by atoms with Crippen molar-refractivity contribution >= 4 is 17.8 Å². The Balaban J connectivity index is 4.31. The maximum atomic E-state index is 11.5. The van der Waals surface area contributed by atoms with Crippen molar-refractivity contribution in [2.24, 2.45) is 5.92 Å². The Morgan fingerprint density at radius 1 is 1.29 bits per heavy atom. The fourth-order valence-electron chi connectivity index (χ4n) is 1.26. The molecule has 0 heterocycles. The molecule has 0 aliphatic carbocycles. The average Bonchev–Trinajstić information content (AvgIpc) is 2.15. The van der Waals surface area contributed by atoms with Gasteiger partial charge in [0.2, 0.25) is 11.8 Å². The van der Waals surface area contributed by atoms with E-state index in [4.69, 9.17) is 5.11 Å². The average molecular weight is 244 g/mol. The molecule has 0 fully saturated rings. The van der Waals surface area contributed by atoms with Crippen LogP contribution in [0.1, 0.15) is 27.2 Å². The van der Waals surface area contributed by atoms with Crippen LogP contribution in [0.3, 0.4) is 0 Å². The van der Waals surface area contributed by atoms with Crippen LogP contribution < -0.4 is 5.32 Å². The van der Waals surface area contributed by atoms with Crippen molar-refractivity contribution in [1.82, 2.24) is 10.2 Å². The first-order valence-electron chi connectivity index (χ1n) is 5.48. The van der Waals surface area contributed by atoms with Crippen molar-refractivity contribution in [2.45, 2.75) is 33.2 Å². The molecular weight excluding hydrogens is 224 g/mol. The van der Waals surface area contributed by atoms with Crippen LogP contribution in [0.15, 0.2) is 0 Å². The van der Waals surface area contributed by atoms with Crippen LogP contribution in [0.25, 0.3) is 0 Å². The molecule has 2 N–H and O–H groups in total. The zero-order valence-electron chi connectivity index (χ0n) is 10.7. The highest BCUT2D eigenvalue weighted by molar-refractivity contribution is 5.87. The molecule has 2 amide bonds. The lowest BCUT2D eigenvalue weighted by atomic mass is 10.0. The van der Waals surface area contributed by atoms with Gasteiger partial charge in [-0.1, -0.05) is 13.8 Å². The Morgan fingerprint density at radius 3 is 2.18 bits per heavy atom. The first-order chi connectivity index (χ1) is 7.73. The SMILES string of the molecule is CC(=O)N(C)CC(=O)N[C@@H](CC(C)C)C(=O)O. The van der Waals surface area contributed by atoms with E-state index in [-0.39, 0.29) is 18.4 Å². The van der Waals surface area contributed by atoms with E-state index in [0.29, 0.717) is 6.42 Å². The molecule has 6 nitrogen and oxygen atoms in total. The van der Waals surface area contributed by atoms with Crippen molar-refractivity contribution in [3.05, 3.63) is 0 Å². The normalized spacial score (nSPS) is 12.1. The molecule has 0 aliphatic rings. The van der Waals surface area contributed by atoms with Gasteiger partial charge in [0.1, 0.15) is 6.04 Å². The molecule has 0 saturated carbocycles. The number of carbonyl (C=O) groups excluding carboxylic acids is 2. The molecule has 0 aromatic rings. The molecule has 98 valence electrons. The number of hydrogen-bond acceptors (Lipinski definition) is 3. The summed E-state index contributed by atoms with van der Waals surface area (Å²) >= 11 is 0. The molecule has 6 heteroatoms. The second kappa shape index (κ2) is 6.88. The Bertz CT molecular complexity index is 302. The summed E-state index contributed by atoms with van der Waals surface area (Å²) in [6.45, 7) is 4.97. The fourth-order valence-corrected chi connectivity index (χ4v) is 1.26. The van der Waals surface area contributed by atoms with Crippen molar-refractivity contribution in [3.63, 3.8) is 0 Å². The molecule has 0 bridgehead atoms. The number of nitrogens with one attached hydrogen (secondary N) is 1. The summed E-state index contributed by atoms with van der Waals surface area (Å²) in [5.41, 5.74) is 0. The number of aliphatic carboxylic acids is 1. The molecule has 1 atom stereocenters. The molecule has 0 radical (unpaired) electrons. The van der Waals surface area contributed by atoms with Crippen molar-refractivity contribution in [2.75, 3.05) is 13.6 Å². The topological polar surface area (TPSA) is 86.7 Å². The molecule has 0 unspecified atom stereocenters. The highest BCUT2D eigenvalue weighted by Gasteiger charge is 2.21. The first-order valence-corrected chi connectivity index (χ1v) is 5.48. The zero-order chi connectivity index (χ0) is 13.6. The van der Waals surface area contributed by atoms with Gasteiger partial charge in [-0.3, -0.25) is 9.59 Å². The standard InChI is InChI=1S/C11H20N2O4/c1-7(2)5-9(11(16)17)12-10(15)6-13(4)8(3)14/h7,9H,5-6H2,1-4H3,(H,12,15)(H,16,17)/t9-/m0/s1. The first kappa shape index (κ1) is 15.4. The van der Waals surface area contributed by atoms with E-state index in [1.165, 1.54) is 18.9 Å². The van der Waals surface area contributed by atoms with Gasteiger partial charge < -0.3 is 15.3 Å². The van der Waals surface area contributed by atoms with Gasteiger partial charge in [-0.2, -0.15) is 0 Å². The van der Waals surface area contributed by atoms with E-state index >= 15 is 0 Å². The van der Waals surface area contributed by atoms with Crippen LogP contribution in [0, 0.1) is 5.92 Å². The molecule has 0 aliphatic heterocycles. The van der Waals surface area contributed by atoms with E-state index in [0.717, 1.165) is 0 Å². The lowest BCUT2D eigenvalue weighted by molar-refractivity contribution is -0.142. The quantitative estimate of drug-likeness (QED) is 0.692. The highest BCUT2D eigenvalue weighted by Crippen LogP contribution is 2.04. The second-order valence-corrected chi connectivity index (χ2v) is 4.46. The Morgan fingerprint density at radius 2 is 1.82 bits per heavy atom. The maximum absolute atomic E-state index is 11.5. The molecule has 0 saturated heterocycles. The van der Waals surface area contributed by atoms with E-state index < -0.39 is 17.9 Å². The van der Waals surface area contributed by atoms with Crippen molar-refractivity contribution < 1.29 is 19.5 Å². The highest BCUT2D eigenvalue weighted by atomic mass is 16.4. The largest absolute Gasteiger partial charge is 0.480 e. The van der Waals surface area contributed by atoms with Gasteiger partial charge in [0.05, 0.1) is 6.54 Å². The monoisotopic (exact) mass is 244 g/mol. The summed E-state index contributed by atoms with van der Waals surface area (Å²) in [6, 6.07) is -0.900. The lowest BCUT2D eigenvalue weighted by Crippen LogP contribution is -2.46.